The highest BCUT2D eigenvalue weighted by atomic mass is 16.1. The molecule has 1 aliphatic carbocycles. The Kier molecular flexibility index (Phi) is 5.61. The third-order valence-electron chi connectivity index (χ3n) is 6.70. The quantitative estimate of drug-likeness (QED) is 0.748. The summed E-state index contributed by atoms with van der Waals surface area (Å²) in [4.78, 5) is 19.9. The van der Waals surface area contributed by atoms with Gasteiger partial charge in [-0.15, -0.1) is 0 Å². The largest absolute Gasteiger partial charge is 0.356 e. The fraction of sp³-hybridized carbons (Fsp3) is 0.652. The molecule has 1 aromatic carbocycles. The van der Waals surface area contributed by atoms with Crippen LogP contribution in [0.25, 0.3) is 11.0 Å². The van der Waals surface area contributed by atoms with Gasteiger partial charge in [0.15, 0.2) is 0 Å². The summed E-state index contributed by atoms with van der Waals surface area (Å²) < 4.78 is 2.49. The van der Waals surface area contributed by atoms with E-state index in [2.05, 4.69) is 47.7 Å². The normalized spacial score (nSPS) is 18.5. The van der Waals surface area contributed by atoms with Gasteiger partial charge in [-0.05, 0) is 75.6 Å². The number of aryl methyl sites for hydroxylation is 2. The SMILES string of the molecule is CCCCNC(=O)C1CCN(c2nc3cc(C)c(C)cc3n2C2CCC2)CC1. The first-order valence-corrected chi connectivity index (χ1v) is 11.1. The van der Waals surface area contributed by atoms with Crippen LogP contribution in [-0.2, 0) is 4.79 Å². The second-order valence-electron chi connectivity index (χ2n) is 8.70. The minimum absolute atomic E-state index is 0.152. The van der Waals surface area contributed by atoms with Crippen molar-refractivity contribution >= 4 is 22.9 Å². The third-order valence-corrected chi connectivity index (χ3v) is 6.70. The van der Waals surface area contributed by atoms with Crippen molar-refractivity contribution < 1.29 is 4.79 Å². The van der Waals surface area contributed by atoms with Crippen LogP contribution in [-0.4, -0.2) is 35.1 Å². The summed E-state index contributed by atoms with van der Waals surface area (Å²) in [6.45, 7) is 9.15. The highest BCUT2D eigenvalue weighted by molar-refractivity contribution is 5.81. The highest BCUT2D eigenvalue weighted by Gasteiger charge is 2.31. The molecule has 0 unspecified atom stereocenters. The lowest BCUT2D eigenvalue weighted by Crippen LogP contribution is -2.42. The number of amides is 1. The first-order valence-electron chi connectivity index (χ1n) is 11.1. The maximum absolute atomic E-state index is 12.4. The Hall–Kier alpha value is -2.04. The number of nitrogens with one attached hydrogen (secondary N) is 1. The lowest BCUT2D eigenvalue weighted by atomic mass is 9.92. The van der Waals surface area contributed by atoms with Crippen molar-refractivity contribution in [3.8, 4) is 0 Å². The number of rotatable bonds is 6. The second kappa shape index (κ2) is 8.14. The number of nitrogens with zero attached hydrogens (tertiary/aromatic N) is 3. The van der Waals surface area contributed by atoms with Crippen LogP contribution in [0.1, 0.15) is 69.0 Å². The van der Waals surface area contributed by atoms with E-state index in [1.807, 2.05) is 0 Å². The molecular weight excluding hydrogens is 348 g/mol. The minimum Gasteiger partial charge on any atom is -0.356 e. The Morgan fingerprint density at radius 1 is 1.14 bits per heavy atom. The molecule has 5 heteroatoms. The number of hydrogen-bond donors (Lipinski definition) is 1. The maximum atomic E-state index is 12.4. The summed E-state index contributed by atoms with van der Waals surface area (Å²) >= 11 is 0. The fourth-order valence-electron chi connectivity index (χ4n) is 4.44. The first-order chi connectivity index (χ1) is 13.6. The molecule has 1 aliphatic heterocycles. The number of anilines is 1. The Bertz CT molecular complexity index is 844. The molecule has 5 nitrogen and oxygen atoms in total. The molecule has 28 heavy (non-hydrogen) atoms. The average Bonchev–Trinajstić information content (AvgIpc) is 2.99. The van der Waals surface area contributed by atoms with E-state index in [0.717, 1.165) is 56.8 Å². The lowest BCUT2D eigenvalue weighted by molar-refractivity contribution is -0.125. The van der Waals surface area contributed by atoms with Crippen molar-refractivity contribution in [2.24, 2.45) is 5.92 Å². The van der Waals surface area contributed by atoms with Gasteiger partial charge in [-0.1, -0.05) is 13.3 Å². The molecule has 2 aromatic rings. The Balaban J connectivity index is 1.52. The summed E-state index contributed by atoms with van der Waals surface area (Å²) in [5, 5.41) is 3.11. The Labute approximate surface area is 168 Å². The zero-order chi connectivity index (χ0) is 19.7. The van der Waals surface area contributed by atoms with E-state index in [1.54, 1.807) is 0 Å². The number of aromatic nitrogens is 2. The first kappa shape index (κ1) is 19.3. The molecule has 2 aliphatic rings. The van der Waals surface area contributed by atoms with Gasteiger partial charge in [0.2, 0.25) is 11.9 Å². The van der Waals surface area contributed by atoms with Gasteiger partial charge < -0.3 is 14.8 Å². The maximum Gasteiger partial charge on any atom is 0.223 e. The smallest absolute Gasteiger partial charge is 0.223 e. The zero-order valence-electron chi connectivity index (χ0n) is 17.6. The van der Waals surface area contributed by atoms with Crippen molar-refractivity contribution in [3.63, 3.8) is 0 Å². The molecule has 1 N–H and O–H groups in total. The van der Waals surface area contributed by atoms with E-state index in [1.165, 1.54) is 35.9 Å². The summed E-state index contributed by atoms with van der Waals surface area (Å²) in [6, 6.07) is 5.13. The predicted molar refractivity (Wildman–Crippen MR) is 115 cm³/mol. The van der Waals surface area contributed by atoms with Crippen LogP contribution in [0.5, 0.6) is 0 Å². The number of carbonyl (C=O) groups excluding carboxylic acids is 1. The van der Waals surface area contributed by atoms with Gasteiger partial charge in [0, 0.05) is 31.6 Å². The van der Waals surface area contributed by atoms with Crippen molar-refractivity contribution in [1.29, 1.82) is 0 Å². The van der Waals surface area contributed by atoms with Gasteiger partial charge in [-0.25, -0.2) is 4.98 Å². The summed E-state index contributed by atoms with van der Waals surface area (Å²) in [7, 11) is 0. The number of unbranched alkanes of at least 4 members (excludes halogenated alkanes) is 1. The standard InChI is InChI=1S/C23H34N4O/c1-4-5-11-24-22(28)18-9-12-26(13-10-18)23-25-20-14-16(2)17(3)15-21(20)27(23)19-7-6-8-19/h14-15,18-19H,4-13H2,1-3H3,(H,24,28). The molecule has 0 atom stereocenters. The summed E-state index contributed by atoms with van der Waals surface area (Å²) in [5.41, 5.74) is 5.04. The van der Waals surface area contributed by atoms with Crippen LogP contribution in [0.2, 0.25) is 0 Å². The molecule has 1 saturated heterocycles. The Morgan fingerprint density at radius 3 is 2.50 bits per heavy atom. The zero-order valence-corrected chi connectivity index (χ0v) is 17.6. The molecule has 2 heterocycles. The van der Waals surface area contributed by atoms with E-state index in [0.29, 0.717) is 6.04 Å². The summed E-state index contributed by atoms with van der Waals surface area (Å²) in [6.07, 6.45) is 7.84. The molecule has 1 saturated carbocycles. The number of piperidine rings is 1. The molecule has 0 spiro atoms. The van der Waals surface area contributed by atoms with Gasteiger partial charge in [-0.2, -0.15) is 0 Å². The molecular formula is C23H34N4O. The lowest BCUT2D eigenvalue weighted by Gasteiger charge is -2.36. The number of carbonyl (C=O) groups is 1. The van der Waals surface area contributed by atoms with Crippen molar-refractivity contribution in [2.75, 3.05) is 24.5 Å². The van der Waals surface area contributed by atoms with Gasteiger partial charge in [0.1, 0.15) is 0 Å². The number of hydrogen-bond acceptors (Lipinski definition) is 3. The second-order valence-corrected chi connectivity index (χ2v) is 8.70. The van der Waals surface area contributed by atoms with Gasteiger partial charge in [0.25, 0.3) is 0 Å². The van der Waals surface area contributed by atoms with E-state index in [-0.39, 0.29) is 11.8 Å². The Morgan fingerprint density at radius 2 is 1.86 bits per heavy atom. The third kappa shape index (κ3) is 3.63. The van der Waals surface area contributed by atoms with Crippen LogP contribution in [0.3, 0.4) is 0 Å². The van der Waals surface area contributed by atoms with E-state index >= 15 is 0 Å². The summed E-state index contributed by atoms with van der Waals surface area (Å²) in [5.74, 6) is 1.51. The van der Waals surface area contributed by atoms with Gasteiger partial charge in [-0.3, -0.25) is 4.79 Å². The molecule has 152 valence electrons. The van der Waals surface area contributed by atoms with Crippen LogP contribution >= 0.6 is 0 Å². The number of imidazole rings is 1. The molecule has 0 radical (unpaired) electrons. The van der Waals surface area contributed by atoms with E-state index in [4.69, 9.17) is 4.98 Å². The number of fused-ring (bicyclic) bond motifs is 1. The predicted octanol–water partition coefficient (Wildman–Crippen LogP) is 4.51. The van der Waals surface area contributed by atoms with Crippen molar-refractivity contribution in [2.45, 2.75) is 71.8 Å². The molecule has 2 fully saturated rings. The van der Waals surface area contributed by atoms with Crippen LogP contribution in [0.4, 0.5) is 5.95 Å². The van der Waals surface area contributed by atoms with Crippen molar-refractivity contribution in [1.82, 2.24) is 14.9 Å². The topological polar surface area (TPSA) is 50.2 Å². The number of benzene rings is 1. The van der Waals surface area contributed by atoms with E-state index in [9.17, 15) is 4.79 Å². The van der Waals surface area contributed by atoms with E-state index < -0.39 is 0 Å². The molecule has 1 amide bonds. The van der Waals surface area contributed by atoms with Crippen LogP contribution in [0, 0.1) is 19.8 Å². The fourth-order valence-corrected chi connectivity index (χ4v) is 4.44. The highest BCUT2D eigenvalue weighted by Crippen LogP contribution is 2.39. The molecule has 1 aromatic heterocycles. The minimum atomic E-state index is 0.152. The van der Waals surface area contributed by atoms with Crippen LogP contribution < -0.4 is 10.2 Å². The average molecular weight is 383 g/mol. The monoisotopic (exact) mass is 382 g/mol. The van der Waals surface area contributed by atoms with Crippen molar-refractivity contribution in [3.05, 3.63) is 23.3 Å². The molecule has 4 rings (SSSR count). The van der Waals surface area contributed by atoms with Gasteiger partial charge in [0.05, 0.1) is 11.0 Å². The van der Waals surface area contributed by atoms with Gasteiger partial charge >= 0.3 is 0 Å². The molecule has 0 bridgehead atoms. The van der Waals surface area contributed by atoms with Crippen LogP contribution in [0.15, 0.2) is 12.1 Å².